The number of tetrazole rings is 1. The van der Waals surface area contributed by atoms with E-state index in [1.54, 1.807) is 24.3 Å². The second-order valence-corrected chi connectivity index (χ2v) is 5.52. The molecule has 0 radical (unpaired) electrons. The molecule has 0 spiro atoms. The average molecular weight is 354 g/mol. The topological polar surface area (TPSA) is 93.0 Å². The summed E-state index contributed by atoms with van der Waals surface area (Å²) in [6, 6.07) is 12.1. The lowest BCUT2D eigenvalue weighted by Gasteiger charge is -2.17. The maximum Gasteiger partial charge on any atom is 0.254 e. The van der Waals surface area contributed by atoms with E-state index in [2.05, 4.69) is 20.8 Å². The van der Waals surface area contributed by atoms with E-state index in [4.69, 9.17) is 0 Å². The zero-order valence-electron chi connectivity index (χ0n) is 13.8. The molecule has 2 amide bonds. The first kappa shape index (κ1) is 17.2. The van der Waals surface area contributed by atoms with Gasteiger partial charge in [-0.25, -0.2) is 9.07 Å². The fourth-order valence-electron chi connectivity index (χ4n) is 2.30. The first-order valence-electron chi connectivity index (χ1n) is 7.67. The molecule has 0 aliphatic carbocycles. The van der Waals surface area contributed by atoms with Crippen LogP contribution in [0.2, 0.25) is 0 Å². The number of likely N-dealkylation sites (N-methyl/N-ethyl adjacent to an activating group) is 1. The third kappa shape index (κ3) is 4.07. The number of carbonyl (C=O) groups excluding carboxylic acids is 2. The molecule has 1 aromatic heterocycles. The number of nitrogens with zero attached hydrogens (tertiary/aromatic N) is 5. The third-order valence-electron chi connectivity index (χ3n) is 3.56. The Morgan fingerprint density at radius 3 is 2.65 bits per heavy atom. The van der Waals surface area contributed by atoms with Crippen molar-refractivity contribution in [3.8, 4) is 5.69 Å². The minimum Gasteiger partial charge on any atom is -0.332 e. The summed E-state index contributed by atoms with van der Waals surface area (Å²) in [6.07, 6.45) is 1.42. The molecule has 3 rings (SSSR count). The zero-order valence-corrected chi connectivity index (χ0v) is 13.8. The third-order valence-corrected chi connectivity index (χ3v) is 3.56. The lowest BCUT2D eigenvalue weighted by atomic mass is 10.2. The Morgan fingerprint density at radius 1 is 1.19 bits per heavy atom. The number of anilines is 1. The maximum absolute atomic E-state index is 12.9. The summed E-state index contributed by atoms with van der Waals surface area (Å²) in [5.74, 6) is -1.10. The Morgan fingerprint density at radius 2 is 1.96 bits per heavy atom. The van der Waals surface area contributed by atoms with Crippen LogP contribution in [-0.4, -0.2) is 50.5 Å². The molecular formula is C17H15FN6O2. The summed E-state index contributed by atoms with van der Waals surface area (Å²) in [4.78, 5) is 25.9. The van der Waals surface area contributed by atoms with E-state index < -0.39 is 5.82 Å². The van der Waals surface area contributed by atoms with Gasteiger partial charge in [0.15, 0.2) is 0 Å². The van der Waals surface area contributed by atoms with E-state index in [1.807, 2.05) is 0 Å². The van der Waals surface area contributed by atoms with Gasteiger partial charge >= 0.3 is 0 Å². The van der Waals surface area contributed by atoms with Crippen LogP contribution < -0.4 is 5.32 Å². The Bertz CT molecular complexity index is 911. The van der Waals surface area contributed by atoms with E-state index >= 15 is 0 Å². The van der Waals surface area contributed by atoms with Crippen LogP contribution in [0.4, 0.5) is 10.1 Å². The summed E-state index contributed by atoms with van der Waals surface area (Å²) < 4.78 is 14.3. The van der Waals surface area contributed by atoms with Crippen molar-refractivity contribution in [3.63, 3.8) is 0 Å². The van der Waals surface area contributed by atoms with Gasteiger partial charge in [0.2, 0.25) is 5.91 Å². The van der Waals surface area contributed by atoms with E-state index in [1.165, 1.54) is 47.2 Å². The lowest BCUT2D eigenvalue weighted by molar-refractivity contribution is -0.116. The summed E-state index contributed by atoms with van der Waals surface area (Å²) in [5, 5.41) is 13.5. The first-order valence-corrected chi connectivity index (χ1v) is 7.67. The van der Waals surface area contributed by atoms with Crippen LogP contribution in [0.5, 0.6) is 0 Å². The number of benzene rings is 2. The van der Waals surface area contributed by atoms with Crippen LogP contribution >= 0.6 is 0 Å². The molecule has 0 bridgehead atoms. The zero-order chi connectivity index (χ0) is 18.5. The van der Waals surface area contributed by atoms with Gasteiger partial charge in [-0.3, -0.25) is 9.59 Å². The molecule has 0 aliphatic heterocycles. The van der Waals surface area contributed by atoms with Crippen LogP contribution in [0.25, 0.3) is 5.69 Å². The van der Waals surface area contributed by atoms with E-state index in [0.29, 0.717) is 16.9 Å². The molecular weight excluding hydrogens is 339 g/mol. The molecule has 0 fully saturated rings. The normalized spacial score (nSPS) is 10.4. The number of halogens is 1. The monoisotopic (exact) mass is 354 g/mol. The molecule has 0 aliphatic rings. The molecule has 26 heavy (non-hydrogen) atoms. The van der Waals surface area contributed by atoms with E-state index in [-0.39, 0.29) is 18.4 Å². The number of hydrogen-bond donors (Lipinski definition) is 1. The molecule has 1 heterocycles. The van der Waals surface area contributed by atoms with Gasteiger partial charge in [0, 0.05) is 18.3 Å². The van der Waals surface area contributed by atoms with Gasteiger partial charge in [0.05, 0.1) is 12.2 Å². The highest BCUT2D eigenvalue weighted by Crippen LogP contribution is 2.11. The minimum atomic E-state index is -0.391. The molecule has 1 N–H and O–H groups in total. The van der Waals surface area contributed by atoms with Crippen LogP contribution in [0.3, 0.4) is 0 Å². The molecule has 3 aromatic rings. The fraction of sp³-hybridized carbons (Fsp3) is 0.118. The fourth-order valence-corrected chi connectivity index (χ4v) is 2.30. The molecule has 0 saturated carbocycles. The molecule has 8 nitrogen and oxygen atoms in total. The molecule has 0 atom stereocenters. The van der Waals surface area contributed by atoms with Gasteiger partial charge in [-0.15, -0.1) is 5.10 Å². The van der Waals surface area contributed by atoms with Crippen molar-refractivity contribution >= 4 is 17.5 Å². The number of amides is 2. The summed E-state index contributed by atoms with van der Waals surface area (Å²) in [6.45, 7) is -0.148. The van der Waals surface area contributed by atoms with Crippen LogP contribution in [0.1, 0.15) is 10.4 Å². The first-order chi connectivity index (χ1) is 12.5. The lowest BCUT2D eigenvalue weighted by Crippen LogP contribution is -2.35. The van der Waals surface area contributed by atoms with Crippen molar-refractivity contribution < 1.29 is 14.0 Å². The average Bonchev–Trinajstić information content (AvgIpc) is 3.18. The maximum atomic E-state index is 12.9. The van der Waals surface area contributed by atoms with Gasteiger partial charge in [-0.05, 0) is 52.9 Å². The highest BCUT2D eigenvalue weighted by atomic mass is 19.1. The quantitative estimate of drug-likeness (QED) is 0.750. The number of hydrogen-bond acceptors (Lipinski definition) is 5. The Balaban J connectivity index is 1.65. The minimum absolute atomic E-state index is 0.148. The Kier molecular flexibility index (Phi) is 4.97. The van der Waals surface area contributed by atoms with Crippen molar-refractivity contribution in [3.05, 3.63) is 66.2 Å². The Labute approximate surface area is 148 Å². The van der Waals surface area contributed by atoms with Gasteiger partial charge in [-0.1, -0.05) is 6.07 Å². The van der Waals surface area contributed by atoms with Crippen LogP contribution in [-0.2, 0) is 4.79 Å². The molecule has 0 unspecified atom stereocenters. The van der Waals surface area contributed by atoms with Crippen molar-refractivity contribution in [2.24, 2.45) is 0 Å². The predicted molar refractivity (Wildman–Crippen MR) is 91.1 cm³/mol. The Hall–Kier alpha value is -3.62. The van der Waals surface area contributed by atoms with Gasteiger partial charge < -0.3 is 10.2 Å². The molecule has 2 aromatic carbocycles. The number of rotatable bonds is 5. The van der Waals surface area contributed by atoms with Gasteiger partial charge in [0.25, 0.3) is 5.91 Å². The SMILES string of the molecule is CN(CC(=O)Nc1ccc(F)cc1)C(=O)c1cccc(-n2cnnn2)c1. The second kappa shape index (κ2) is 7.51. The highest BCUT2D eigenvalue weighted by molar-refractivity contribution is 5.99. The van der Waals surface area contributed by atoms with Crippen LogP contribution in [0.15, 0.2) is 54.9 Å². The number of nitrogens with one attached hydrogen (secondary N) is 1. The van der Waals surface area contributed by atoms with Gasteiger partial charge in [-0.2, -0.15) is 0 Å². The summed E-state index contributed by atoms with van der Waals surface area (Å²) >= 11 is 0. The van der Waals surface area contributed by atoms with Gasteiger partial charge in [0.1, 0.15) is 12.1 Å². The number of carbonyl (C=O) groups is 2. The standard InChI is InChI=1S/C17H15FN6O2/c1-23(10-16(25)20-14-7-5-13(18)6-8-14)17(26)12-3-2-4-15(9-12)24-11-19-21-22-24/h2-9,11H,10H2,1H3,(H,20,25). The predicted octanol–water partition coefficient (Wildman–Crippen LogP) is 1.51. The smallest absolute Gasteiger partial charge is 0.254 e. The van der Waals surface area contributed by atoms with E-state index in [9.17, 15) is 14.0 Å². The van der Waals surface area contributed by atoms with Crippen molar-refractivity contribution in [1.29, 1.82) is 0 Å². The molecule has 132 valence electrons. The van der Waals surface area contributed by atoms with Crippen molar-refractivity contribution in [2.45, 2.75) is 0 Å². The summed E-state index contributed by atoms with van der Waals surface area (Å²) in [7, 11) is 1.52. The molecule has 0 saturated heterocycles. The number of aromatic nitrogens is 4. The van der Waals surface area contributed by atoms with E-state index in [0.717, 1.165) is 0 Å². The van der Waals surface area contributed by atoms with Crippen LogP contribution in [0, 0.1) is 5.82 Å². The second-order valence-electron chi connectivity index (χ2n) is 5.52. The molecule has 9 heteroatoms. The largest absolute Gasteiger partial charge is 0.332 e. The highest BCUT2D eigenvalue weighted by Gasteiger charge is 2.16. The van der Waals surface area contributed by atoms with Crippen molar-refractivity contribution in [1.82, 2.24) is 25.1 Å². The summed E-state index contributed by atoms with van der Waals surface area (Å²) in [5.41, 5.74) is 1.48. The van der Waals surface area contributed by atoms with Crippen molar-refractivity contribution in [2.75, 3.05) is 18.9 Å².